The van der Waals surface area contributed by atoms with Crippen LogP contribution in [0.2, 0.25) is 0 Å². The number of hydrogen-bond donors (Lipinski definition) is 1. The highest BCUT2D eigenvalue weighted by molar-refractivity contribution is 7.17. The summed E-state index contributed by atoms with van der Waals surface area (Å²) in [7, 11) is 0. The monoisotopic (exact) mass is 391 g/mol. The Hall–Kier alpha value is -2.80. The van der Waals surface area contributed by atoms with Gasteiger partial charge in [0, 0.05) is 30.3 Å². The Kier molecular flexibility index (Phi) is 4.12. The Morgan fingerprint density at radius 2 is 2.00 bits per heavy atom. The lowest BCUT2D eigenvalue weighted by Gasteiger charge is -2.40. The number of nitrogens with zero attached hydrogens (tertiary/aromatic N) is 4. The molecule has 3 aromatic rings. The number of rotatable bonds is 2. The lowest BCUT2D eigenvalue weighted by Crippen LogP contribution is -2.47. The van der Waals surface area contributed by atoms with Crippen LogP contribution in [-0.4, -0.2) is 38.8 Å². The minimum atomic E-state index is -0.0774. The SMILES string of the molecule is Nc1ncc(C(=O)N2CCCC3(CCc4cnc(-c5ccccc5)nc43)C2)s1. The Bertz CT molecular complexity index is 1030. The Balaban J connectivity index is 1.47. The molecule has 1 fully saturated rings. The number of hydrogen-bond acceptors (Lipinski definition) is 6. The third-order valence-electron chi connectivity index (χ3n) is 5.87. The average Bonchev–Trinajstić information content (AvgIpc) is 3.32. The lowest BCUT2D eigenvalue weighted by atomic mass is 9.77. The van der Waals surface area contributed by atoms with Gasteiger partial charge in [0.25, 0.3) is 5.91 Å². The van der Waals surface area contributed by atoms with Crippen LogP contribution >= 0.6 is 11.3 Å². The summed E-state index contributed by atoms with van der Waals surface area (Å²) in [5, 5.41) is 0.432. The second-order valence-electron chi connectivity index (χ2n) is 7.61. The molecule has 2 aromatic heterocycles. The molecule has 1 aromatic carbocycles. The molecule has 1 spiro atoms. The van der Waals surface area contributed by atoms with E-state index < -0.39 is 0 Å². The van der Waals surface area contributed by atoms with Gasteiger partial charge in [0.05, 0.1) is 11.9 Å². The predicted octanol–water partition coefficient (Wildman–Crippen LogP) is 3.30. The highest BCUT2D eigenvalue weighted by Crippen LogP contribution is 2.44. The molecule has 1 aliphatic carbocycles. The molecule has 2 N–H and O–H groups in total. The standard InChI is InChI=1S/C21H21N5OS/c22-20-24-12-16(28-20)19(27)26-10-4-8-21(13-26)9-7-15-11-23-18(25-17(15)21)14-5-2-1-3-6-14/h1-3,5-6,11-12H,4,7-10,13H2,(H2,22,24). The van der Waals surface area contributed by atoms with E-state index in [1.54, 1.807) is 6.20 Å². The summed E-state index contributed by atoms with van der Waals surface area (Å²) in [5.74, 6) is 0.790. The molecular weight excluding hydrogens is 370 g/mol. The van der Waals surface area contributed by atoms with Crippen LogP contribution in [-0.2, 0) is 11.8 Å². The van der Waals surface area contributed by atoms with Gasteiger partial charge in [0.15, 0.2) is 11.0 Å². The molecule has 6 nitrogen and oxygen atoms in total. The van der Waals surface area contributed by atoms with Gasteiger partial charge < -0.3 is 10.6 Å². The predicted molar refractivity (Wildman–Crippen MR) is 109 cm³/mol. The first-order valence-electron chi connectivity index (χ1n) is 9.57. The zero-order chi connectivity index (χ0) is 19.1. The van der Waals surface area contributed by atoms with E-state index in [1.165, 1.54) is 16.9 Å². The van der Waals surface area contributed by atoms with Crippen LogP contribution in [0.4, 0.5) is 5.13 Å². The topological polar surface area (TPSA) is 85.0 Å². The number of amides is 1. The lowest BCUT2D eigenvalue weighted by molar-refractivity contribution is 0.0638. The summed E-state index contributed by atoms with van der Waals surface area (Å²) in [6, 6.07) is 10.1. The van der Waals surface area contributed by atoms with Crippen LogP contribution < -0.4 is 5.73 Å². The number of thiazole rings is 1. The van der Waals surface area contributed by atoms with Crippen LogP contribution in [0.25, 0.3) is 11.4 Å². The molecule has 1 aliphatic heterocycles. The number of benzene rings is 1. The van der Waals surface area contributed by atoms with E-state index in [9.17, 15) is 4.79 Å². The van der Waals surface area contributed by atoms with Crippen molar-refractivity contribution in [2.24, 2.45) is 0 Å². The number of fused-ring (bicyclic) bond motifs is 2. The van der Waals surface area contributed by atoms with Gasteiger partial charge in [0.1, 0.15) is 4.88 Å². The molecule has 3 heterocycles. The fourth-order valence-electron chi connectivity index (χ4n) is 4.51. The van der Waals surface area contributed by atoms with Gasteiger partial charge in [-0.1, -0.05) is 41.7 Å². The summed E-state index contributed by atoms with van der Waals surface area (Å²) in [5.41, 5.74) is 9.01. The van der Waals surface area contributed by atoms with E-state index >= 15 is 0 Å². The number of carbonyl (C=O) groups is 1. The van der Waals surface area contributed by atoms with E-state index in [-0.39, 0.29) is 11.3 Å². The quantitative estimate of drug-likeness (QED) is 0.724. The van der Waals surface area contributed by atoms with Crippen molar-refractivity contribution in [3.63, 3.8) is 0 Å². The van der Waals surface area contributed by atoms with Gasteiger partial charge >= 0.3 is 0 Å². The zero-order valence-electron chi connectivity index (χ0n) is 15.5. The third kappa shape index (κ3) is 2.86. The van der Waals surface area contributed by atoms with Crippen molar-refractivity contribution in [3.05, 3.63) is 58.9 Å². The van der Waals surface area contributed by atoms with Crippen molar-refractivity contribution in [1.29, 1.82) is 0 Å². The molecule has 0 saturated carbocycles. The van der Waals surface area contributed by atoms with Gasteiger partial charge in [-0.15, -0.1) is 0 Å². The molecule has 0 bridgehead atoms. The maximum absolute atomic E-state index is 13.0. The number of nitrogen functional groups attached to an aromatic ring is 1. The minimum Gasteiger partial charge on any atom is -0.375 e. The van der Waals surface area contributed by atoms with Crippen LogP contribution in [0.1, 0.15) is 40.2 Å². The Morgan fingerprint density at radius 3 is 2.79 bits per heavy atom. The summed E-state index contributed by atoms with van der Waals surface area (Å²) < 4.78 is 0. The fraction of sp³-hybridized carbons (Fsp3) is 0.333. The normalized spacial score (nSPS) is 21.1. The molecule has 1 amide bonds. The molecule has 142 valence electrons. The largest absolute Gasteiger partial charge is 0.375 e. The molecule has 2 aliphatic rings. The highest BCUT2D eigenvalue weighted by Gasteiger charge is 2.45. The number of carbonyl (C=O) groups excluding carboxylic acids is 1. The van der Waals surface area contributed by atoms with Crippen LogP contribution in [0.15, 0.2) is 42.7 Å². The van der Waals surface area contributed by atoms with Crippen LogP contribution in [0.3, 0.4) is 0 Å². The first-order chi connectivity index (χ1) is 13.6. The molecule has 1 unspecified atom stereocenters. The van der Waals surface area contributed by atoms with E-state index in [0.29, 0.717) is 16.6 Å². The molecule has 0 radical (unpaired) electrons. The van der Waals surface area contributed by atoms with Gasteiger partial charge in [-0.25, -0.2) is 15.0 Å². The van der Waals surface area contributed by atoms with Gasteiger partial charge in [0.2, 0.25) is 0 Å². The zero-order valence-corrected chi connectivity index (χ0v) is 16.3. The van der Waals surface area contributed by atoms with Crippen LogP contribution in [0.5, 0.6) is 0 Å². The fourth-order valence-corrected chi connectivity index (χ4v) is 5.16. The van der Waals surface area contributed by atoms with E-state index in [1.807, 2.05) is 41.4 Å². The van der Waals surface area contributed by atoms with Crippen molar-refractivity contribution >= 4 is 22.4 Å². The second kappa shape index (κ2) is 6.67. The number of piperidine rings is 1. The van der Waals surface area contributed by atoms with Crippen molar-refractivity contribution in [3.8, 4) is 11.4 Å². The number of aryl methyl sites for hydroxylation is 1. The first kappa shape index (κ1) is 17.3. The molecule has 1 saturated heterocycles. The van der Waals surface area contributed by atoms with E-state index in [0.717, 1.165) is 49.3 Å². The Morgan fingerprint density at radius 1 is 1.14 bits per heavy atom. The van der Waals surface area contributed by atoms with Gasteiger partial charge in [-0.3, -0.25) is 4.79 Å². The third-order valence-corrected chi connectivity index (χ3v) is 6.68. The van der Waals surface area contributed by atoms with Crippen molar-refractivity contribution in [2.45, 2.75) is 31.1 Å². The first-order valence-corrected chi connectivity index (χ1v) is 10.4. The molecular formula is C21H21N5OS. The molecule has 5 rings (SSSR count). The van der Waals surface area contributed by atoms with Gasteiger partial charge in [-0.05, 0) is 31.2 Å². The van der Waals surface area contributed by atoms with E-state index in [4.69, 9.17) is 10.7 Å². The molecule has 7 heteroatoms. The number of likely N-dealkylation sites (tertiary alicyclic amines) is 1. The summed E-state index contributed by atoms with van der Waals surface area (Å²) in [4.78, 5) is 29.1. The summed E-state index contributed by atoms with van der Waals surface area (Å²) >= 11 is 1.26. The summed E-state index contributed by atoms with van der Waals surface area (Å²) in [6.07, 6.45) is 7.58. The van der Waals surface area contributed by atoms with Crippen molar-refractivity contribution in [2.75, 3.05) is 18.8 Å². The summed E-state index contributed by atoms with van der Waals surface area (Å²) in [6.45, 7) is 1.46. The smallest absolute Gasteiger partial charge is 0.265 e. The average molecular weight is 392 g/mol. The highest BCUT2D eigenvalue weighted by atomic mass is 32.1. The van der Waals surface area contributed by atoms with Crippen molar-refractivity contribution in [1.82, 2.24) is 19.9 Å². The number of nitrogens with two attached hydrogens (primary N) is 1. The van der Waals surface area contributed by atoms with E-state index in [2.05, 4.69) is 9.97 Å². The number of aromatic nitrogens is 3. The van der Waals surface area contributed by atoms with Gasteiger partial charge in [-0.2, -0.15) is 0 Å². The van der Waals surface area contributed by atoms with Crippen molar-refractivity contribution < 1.29 is 4.79 Å². The molecule has 1 atom stereocenters. The Labute approximate surface area is 167 Å². The minimum absolute atomic E-state index is 0.0269. The maximum Gasteiger partial charge on any atom is 0.265 e. The van der Waals surface area contributed by atoms with Crippen LogP contribution in [0, 0.1) is 0 Å². The number of anilines is 1. The second-order valence-corrected chi connectivity index (χ2v) is 8.67. The molecule has 28 heavy (non-hydrogen) atoms. The maximum atomic E-state index is 13.0.